The van der Waals surface area contributed by atoms with Crippen LogP contribution in [-0.2, 0) is 0 Å². The Balaban J connectivity index is 2.07. The molecule has 2 aromatic heterocycles. The van der Waals surface area contributed by atoms with Gasteiger partial charge in [0.25, 0.3) is 0 Å². The van der Waals surface area contributed by atoms with Crippen LogP contribution in [0.25, 0.3) is 11.5 Å². The van der Waals surface area contributed by atoms with E-state index in [1.807, 2.05) is 19.1 Å². The third kappa shape index (κ3) is 2.33. The fourth-order valence-corrected chi connectivity index (χ4v) is 1.47. The van der Waals surface area contributed by atoms with Gasteiger partial charge in [0, 0.05) is 0 Å². The van der Waals surface area contributed by atoms with Gasteiger partial charge in [-0.1, -0.05) is 6.92 Å². The Kier molecular flexibility index (Phi) is 3.41. The molecule has 0 aliphatic rings. The van der Waals surface area contributed by atoms with Crippen molar-refractivity contribution < 1.29 is 8.83 Å². The zero-order valence-corrected chi connectivity index (χ0v) is 9.56. The van der Waals surface area contributed by atoms with Crippen molar-refractivity contribution in [2.24, 2.45) is 0 Å². The largest absolute Gasteiger partial charge is 0.461 e. The lowest BCUT2D eigenvalue weighted by atomic mass is 10.3. The number of oxazole rings is 1. The molecular formula is C12H16N2O2. The van der Waals surface area contributed by atoms with Gasteiger partial charge in [0.1, 0.15) is 0 Å². The molecule has 1 N–H and O–H groups in total. The molecule has 16 heavy (non-hydrogen) atoms. The highest BCUT2D eigenvalue weighted by Crippen LogP contribution is 2.23. The highest BCUT2D eigenvalue weighted by molar-refractivity contribution is 5.47. The smallest absolute Gasteiger partial charge is 0.211 e. The van der Waals surface area contributed by atoms with E-state index in [0.717, 1.165) is 13.0 Å². The van der Waals surface area contributed by atoms with Gasteiger partial charge in [0.2, 0.25) is 5.89 Å². The maximum absolute atomic E-state index is 5.62. The maximum Gasteiger partial charge on any atom is 0.211 e. The molecule has 1 atom stereocenters. The van der Waals surface area contributed by atoms with E-state index in [2.05, 4.69) is 17.2 Å². The topological polar surface area (TPSA) is 51.2 Å². The molecule has 86 valence electrons. The van der Waals surface area contributed by atoms with Crippen molar-refractivity contribution in [2.45, 2.75) is 26.3 Å². The summed E-state index contributed by atoms with van der Waals surface area (Å²) >= 11 is 0. The maximum atomic E-state index is 5.62. The molecule has 0 amide bonds. The Bertz CT molecular complexity index is 420. The Morgan fingerprint density at radius 2 is 2.31 bits per heavy atom. The molecule has 2 aromatic rings. The summed E-state index contributed by atoms with van der Waals surface area (Å²) in [4.78, 5) is 4.24. The minimum Gasteiger partial charge on any atom is -0.461 e. The molecule has 4 nitrogen and oxygen atoms in total. The van der Waals surface area contributed by atoms with Crippen LogP contribution in [0.15, 0.2) is 33.4 Å². The number of furan rings is 1. The van der Waals surface area contributed by atoms with Gasteiger partial charge in [0.15, 0.2) is 11.5 Å². The number of nitrogens with zero attached hydrogens (tertiary/aromatic N) is 1. The summed E-state index contributed by atoms with van der Waals surface area (Å²) in [7, 11) is 0. The zero-order valence-electron chi connectivity index (χ0n) is 9.56. The average Bonchev–Trinajstić information content (AvgIpc) is 2.94. The summed E-state index contributed by atoms with van der Waals surface area (Å²) in [5, 5.41) is 3.32. The third-order valence-corrected chi connectivity index (χ3v) is 2.36. The van der Waals surface area contributed by atoms with Crippen LogP contribution in [0, 0.1) is 0 Å². The number of aromatic nitrogens is 1. The lowest BCUT2D eigenvalue weighted by molar-refractivity contribution is 0.415. The van der Waals surface area contributed by atoms with E-state index < -0.39 is 0 Å². The highest BCUT2D eigenvalue weighted by Gasteiger charge is 2.13. The standard InChI is InChI=1S/C12H16N2O2/c1-3-6-13-9(2)12-14-8-11(16-12)10-5-4-7-15-10/h4-5,7-9,13H,3,6H2,1-2H3. The molecule has 0 radical (unpaired) electrons. The van der Waals surface area contributed by atoms with Crippen molar-refractivity contribution in [3.8, 4) is 11.5 Å². The summed E-state index contributed by atoms with van der Waals surface area (Å²) in [5.41, 5.74) is 0. The lowest BCUT2D eigenvalue weighted by Crippen LogP contribution is -2.19. The van der Waals surface area contributed by atoms with Gasteiger partial charge in [-0.05, 0) is 32.0 Å². The summed E-state index contributed by atoms with van der Waals surface area (Å²) in [6.45, 7) is 5.12. The first-order chi connectivity index (χ1) is 7.81. The molecule has 0 aliphatic carbocycles. The van der Waals surface area contributed by atoms with Crippen molar-refractivity contribution >= 4 is 0 Å². The molecular weight excluding hydrogens is 204 g/mol. The molecule has 0 bridgehead atoms. The minimum atomic E-state index is 0.128. The summed E-state index contributed by atoms with van der Waals surface area (Å²) in [6.07, 6.45) is 4.41. The Labute approximate surface area is 94.7 Å². The number of hydrogen-bond acceptors (Lipinski definition) is 4. The Morgan fingerprint density at radius 3 is 3.00 bits per heavy atom. The van der Waals surface area contributed by atoms with Crippen LogP contribution in [-0.4, -0.2) is 11.5 Å². The molecule has 0 aromatic carbocycles. The van der Waals surface area contributed by atoms with E-state index >= 15 is 0 Å². The molecule has 1 unspecified atom stereocenters. The Hall–Kier alpha value is -1.55. The Morgan fingerprint density at radius 1 is 1.44 bits per heavy atom. The fraction of sp³-hybridized carbons (Fsp3) is 0.417. The van der Waals surface area contributed by atoms with Crippen LogP contribution in [0.2, 0.25) is 0 Å². The fourth-order valence-electron chi connectivity index (χ4n) is 1.47. The van der Waals surface area contributed by atoms with Crippen LogP contribution >= 0.6 is 0 Å². The van der Waals surface area contributed by atoms with E-state index in [9.17, 15) is 0 Å². The predicted octanol–water partition coefficient (Wildman–Crippen LogP) is 3.00. The van der Waals surface area contributed by atoms with Crippen molar-refractivity contribution in [1.82, 2.24) is 10.3 Å². The minimum absolute atomic E-state index is 0.128. The normalized spacial score (nSPS) is 12.9. The first-order valence-corrected chi connectivity index (χ1v) is 5.54. The molecule has 0 aliphatic heterocycles. The molecule has 4 heteroatoms. The van der Waals surface area contributed by atoms with Crippen molar-refractivity contribution in [3.63, 3.8) is 0 Å². The second-order valence-electron chi connectivity index (χ2n) is 3.72. The highest BCUT2D eigenvalue weighted by atomic mass is 16.4. The van der Waals surface area contributed by atoms with E-state index in [1.165, 1.54) is 0 Å². The summed E-state index contributed by atoms with van der Waals surface area (Å²) < 4.78 is 10.9. The van der Waals surface area contributed by atoms with Gasteiger partial charge in [-0.15, -0.1) is 0 Å². The second kappa shape index (κ2) is 4.99. The molecule has 2 rings (SSSR count). The molecule has 0 fully saturated rings. The van der Waals surface area contributed by atoms with Crippen molar-refractivity contribution in [2.75, 3.05) is 6.54 Å². The van der Waals surface area contributed by atoms with E-state index in [-0.39, 0.29) is 6.04 Å². The van der Waals surface area contributed by atoms with E-state index in [4.69, 9.17) is 8.83 Å². The number of hydrogen-bond donors (Lipinski definition) is 1. The van der Waals surface area contributed by atoms with Gasteiger partial charge in [-0.25, -0.2) is 4.98 Å². The second-order valence-corrected chi connectivity index (χ2v) is 3.72. The van der Waals surface area contributed by atoms with Crippen LogP contribution in [0.3, 0.4) is 0 Å². The molecule has 2 heterocycles. The average molecular weight is 220 g/mol. The van der Waals surface area contributed by atoms with Crippen LogP contribution in [0.5, 0.6) is 0 Å². The summed E-state index contributed by atoms with van der Waals surface area (Å²) in [6, 6.07) is 3.81. The van der Waals surface area contributed by atoms with Crippen LogP contribution < -0.4 is 5.32 Å². The first-order valence-electron chi connectivity index (χ1n) is 5.54. The lowest BCUT2D eigenvalue weighted by Gasteiger charge is -2.07. The van der Waals surface area contributed by atoms with E-state index in [1.54, 1.807) is 12.5 Å². The summed E-state index contributed by atoms with van der Waals surface area (Å²) in [5.74, 6) is 2.08. The monoisotopic (exact) mass is 220 g/mol. The van der Waals surface area contributed by atoms with Crippen LogP contribution in [0.1, 0.15) is 32.2 Å². The van der Waals surface area contributed by atoms with Gasteiger partial charge < -0.3 is 14.2 Å². The van der Waals surface area contributed by atoms with Crippen molar-refractivity contribution in [1.29, 1.82) is 0 Å². The first kappa shape index (κ1) is 11.0. The van der Waals surface area contributed by atoms with Gasteiger partial charge in [-0.3, -0.25) is 0 Å². The van der Waals surface area contributed by atoms with Gasteiger partial charge in [0.05, 0.1) is 18.5 Å². The number of rotatable bonds is 5. The van der Waals surface area contributed by atoms with Gasteiger partial charge >= 0.3 is 0 Å². The van der Waals surface area contributed by atoms with Crippen LogP contribution in [0.4, 0.5) is 0 Å². The van der Waals surface area contributed by atoms with Gasteiger partial charge in [-0.2, -0.15) is 0 Å². The number of nitrogens with one attached hydrogen (secondary N) is 1. The quantitative estimate of drug-likeness (QED) is 0.841. The zero-order chi connectivity index (χ0) is 11.4. The molecule has 0 saturated heterocycles. The third-order valence-electron chi connectivity index (χ3n) is 2.36. The van der Waals surface area contributed by atoms with E-state index in [0.29, 0.717) is 17.4 Å². The molecule has 0 spiro atoms. The SMILES string of the molecule is CCCNC(C)c1ncc(-c2ccco2)o1. The molecule has 0 saturated carbocycles. The van der Waals surface area contributed by atoms with Crippen molar-refractivity contribution in [3.05, 3.63) is 30.5 Å². The predicted molar refractivity (Wildman–Crippen MR) is 60.9 cm³/mol.